The minimum absolute atomic E-state index is 0.218. The van der Waals surface area contributed by atoms with Gasteiger partial charge in [-0.05, 0) is 37.6 Å². The molecule has 84 valence electrons. The van der Waals surface area contributed by atoms with E-state index >= 15 is 0 Å². The van der Waals surface area contributed by atoms with Crippen LogP contribution in [-0.4, -0.2) is 16.6 Å². The number of rotatable bonds is 2. The molecule has 0 fully saturated rings. The molecule has 16 heavy (non-hydrogen) atoms. The summed E-state index contributed by atoms with van der Waals surface area (Å²) in [5, 5.41) is 3.01. The van der Waals surface area contributed by atoms with Crippen molar-refractivity contribution in [2.24, 2.45) is 0 Å². The summed E-state index contributed by atoms with van der Waals surface area (Å²) in [6, 6.07) is 4.73. The topological polar surface area (TPSA) is 29.9 Å². The lowest BCUT2D eigenvalue weighted by Gasteiger charge is -2.09. The van der Waals surface area contributed by atoms with E-state index in [2.05, 4.69) is 10.3 Å². The molecule has 0 saturated carbocycles. The molecule has 2 aromatic rings. The monoisotopic (exact) mass is 219 g/mol. The third-order valence-corrected chi connectivity index (χ3v) is 2.47. The number of hydrogen-bond donors (Lipinski definition) is 1. The van der Waals surface area contributed by atoms with Gasteiger partial charge in [0.2, 0.25) is 5.95 Å². The van der Waals surface area contributed by atoms with Crippen molar-refractivity contribution >= 4 is 5.95 Å². The molecule has 4 heteroatoms. The van der Waals surface area contributed by atoms with Crippen molar-refractivity contribution in [1.29, 1.82) is 0 Å². The maximum Gasteiger partial charge on any atom is 0.207 e. The van der Waals surface area contributed by atoms with Gasteiger partial charge in [-0.15, -0.1) is 0 Å². The van der Waals surface area contributed by atoms with E-state index in [9.17, 15) is 4.39 Å². The van der Waals surface area contributed by atoms with Gasteiger partial charge in [-0.2, -0.15) is 0 Å². The Morgan fingerprint density at radius 2 is 2.06 bits per heavy atom. The summed E-state index contributed by atoms with van der Waals surface area (Å²) in [4.78, 5) is 4.33. The zero-order chi connectivity index (χ0) is 11.7. The molecular formula is C12H14FN3. The largest absolute Gasteiger partial charge is 0.358 e. The van der Waals surface area contributed by atoms with E-state index in [4.69, 9.17) is 0 Å². The smallest absolute Gasteiger partial charge is 0.207 e. The van der Waals surface area contributed by atoms with Gasteiger partial charge in [0.1, 0.15) is 5.82 Å². The average Bonchev–Trinajstić information content (AvgIpc) is 2.59. The molecule has 0 unspecified atom stereocenters. The number of halogens is 1. The van der Waals surface area contributed by atoms with Gasteiger partial charge < -0.3 is 5.32 Å². The highest BCUT2D eigenvalue weighted by atomic mass is 19.1. The summed E-state index contributed by atoms with van der Waals surface area (Å²) in [5.41, 5.74) is 2.74. The molecule has 0 amide bonds. The van der Waals surface area contributed by atoms with E-state index in [1.807, 2.05) is 31.7 Å². The quantitative estimate of drug-likeness (QED) is 0.841. The van der Waals surface area contributed by atoms with Gasteiger partial charge in [-0.3, -0.25) is 4.57 Å². The van der Waals surface area contributed by atoms with E-state index in [0.29, 0.717) is 0 Å². The van der Waals surface area contributed by atoms with Gasteiger partial charge in [0.15, 0.2) is 0 Å². The van der Waals surface area contributed by atoms with Gasteiger partial charge in [0.25, 0.3) is 0 Å². The Morgan fingerprint density at radius 1 is 1.31 bits per heavy atom. The van der Waals surface area contributed by atoms with E-state index in [0.717, 1.165) is 22.9 Å². The predicted octanol–water partition coefficient (Wildman–Crippen LogP) is 2.67. The van der Waals surface area contributed by atoms with E-state index in [1.54, 1.807) is 6.07 Å². The van der Waals surface area contributed by atoms with Crippen molar-refractivity contribution in [3.05, 3.63) is 41.5 Å². The van der Waals surface area contributed by atoms with Gasteiger partial charge >= 0.3 is 0 Å². The van der Waals surface area contributed by atoms with Crippen LogP contribution in [0.1, 0.15) is 11.3 Å². The maximum atomic E-state index is 13.0. The molecule has 1 aromatic carbocycles. The molecule has 0 aliphatic carbocycles. The van der Waals surface area contributed by atoms with E-state index < -0.39 is 0 Å². The molecule has 0 bridgehead atoms. The molecule has 1 N–H and O–H groups in total. The standard InChI is InChI=1S/C12H14FN3/c1-8-6-10(13)4-5-11(8)16-7-9(2)15-12(16)14-3/h4-7H,1-3H3,(H,14,15). The highest BCUT2D eigenvalue weighted by Crippen LogP contribution is 2.20. The van der Waals surface area contributed by atoms with Crippen LogP contribution in [0.15, 0.2) is 24.4 Å². The van der Waals surface area contributed by atoms with Crippen LogP contribution < -0.4 is 5.32 Å². The molecular weight excluding hydrogens is 205 g/mol. The first-order valence-electron chi connectivity index (χ1n) is 5.12. The van der Waals surface area contributed by atoms with Crippen LogP contribution in [-0.2, 0) is 0 Å². The first-order valence-corrected chi connectivity index (χ1v) is 5.12. The molecule has 0 aliphatic rings. The van der Waals surface area contributed by atoms with Crippen LogP contribution in [0.2, 0.25) is 0 Å². The second kappa shape index (κ2) is 3.96. The maximum absolute atomic E-state index is 13.0. The second-order valence-corrected chi connectivity index (χ2v) is 3.76. The summed E-state index contributed by atoms with van der Waals surface area (Å²) in [7, 11) is 1.82. The third kappa shape index (κ3) is 1.78. The molecule has 1 heterocycles. The molecule has 0 saturated heterocycles. The Balaban J connectivity index is 2.57. The fourth-order valence-electron chi connectivity index (χ4n) is 1.75. The molecule has 3 nitrogen and oxygen atoms in total. The van der Waals surface area contributed by atoms with Gasteiger partial charge in [0, 0.05) is 13.2 Å². The minimum Gasteiger partial charge on any atom is -0.358 e. The number of benzene rings is 1. The summed E-state index contributed by atoms with van der Waals surface area (Å²) < 4.78 is 14.9. The SMILES string of the molecule is CNc1nc(C)cn1-c1ccc(F)cc1C. The Bertz CT molecular complexity index is 517. The van der Waals surface area contributed by atoms with Crippen molar-refractivity contribution in [3.63, 3.8) is 0 Å². The summed E-state index contributed by atoms with van der Waals surface area (Å²) in [6.07, 6.45) is 1.92. The van der Waals surface area contributed by atoms with E-state index in [1.165, 1.54) is 12.1 Å². The Morgan fingerprint density at radius 3 is 2.69 bits per heavy atom. The third-order valence-electron chi connectivity index (χ3n) is 2.47. The van der Waals surface area contributed by atoms with Crippen LogP contribution in [0.4, 0.5) is 10.3 Å². The van der Waals surface area contributed by atoms with Crippen LogP contribution >= 0.6 is 0 Å². The summed E-state index contributed by atoms with van der Waals surface area (Å²) in [5.74, 6) is 0.538. The highest BCUT2D eigenvalue weighted by molar-refractivity contribution is 5.47. The Kier molecular flexibility index (Phi) is 2.64. The normalized spacial score (nSPS) is 10.5. The molecule has 0 spiro atoms. The van der Waals surface area contributed by atoms with Crippen LogP contribution in [0.5, 0.6) is 0 Å². The first-order chi connectivity index (χ1) is 7.61. The lowest BCUT2D eigenvalue weighted by molar-refractivity contribution is 0.626. The first kappa shape index (κ1) is 10.7. The highest BCUT2D eigenvalue weighted by Gasteiger charge is 2.08. The van der Waals surface area contributed by atoms with Crippen LogP contribution in [0, 0.1) is 19.7 Å². The van der Waals surface area contributed by atoms with Crippen LogP contribution in [0.25, 0.3) is 5.69 Å². The minimum atomic E-state index is -0.218. The lowest BCUT2D eigenvalue weighted by Crippen LogP contribution is -2.02. The van der Waals surface area contributed by atoms with Crippen molar-refractivity contribution in [3.8, 4) is 5.69 Å². The Hall–Kier alpha value is -1.84. The number of aromatic nitrogens is 2. The van der Waals surface area contributed by atoms with Gasteiger partial charge in [-0.25, -0.2) is 9.37 Å². The summed E-state index contributed by atoms with van der Waals surface area (Å²) >= 11 is 0. The predicted molar refractivity (Wildman–Crippen MR) is 62.5 cm³/mol. The number of hydrogen-bond acceptors (Lipinski definition) is 2. The van der Waals surface area contributed by atoms with Crippen molar-refractivity contribution in [2.75, 3.05) is 12.4 Å². The number of anilines is 1. The summed E-state index contributed by atoms with van der Waals surface area (Å²) in [6.45, 7) is 3.81. The van der Waals surface area contributed by atoms with Crippen molar-refractivity contribution in [1.82, 2.24) is 9.55 Å². The van der Waals surface area contributed by atoms with Gasteiger partial charge in [0.05, 0.1) is 11.4 Å². The molecule has 0 atom stereocenters. The zero-order valence-electron chi connectivity index (χ0n) is 9.58. The number of aryl methyl sites for hydroxylation is 2. The second-order valence-electron chi connectivity index (χ2n) is 3.76. The molecule has 0 aliphatic heterocycles. The fourth-order valence-corrected chi connectivity index (χ4v) is 1.75. The Labute approximate surface area is 93.9 Å². The van der Waals surface area contributed by atoms with E-state index in [-0.39, 0.29) is 5.82 Å². The zero-order valence-corrected chi connectivity index (χ0v) is 9.58. The fraction of sp³-hybridized carbons (Fsp3) is 0.250. The number of nitrogens with zero attached hydrogens (tertiary/aromatic N) is 2. The molecule has 1 aromatic heterocycles. The number of nitrogens with one attached hydrogen (secondary N) is 1. The molecule has 2 rings (SSSR count). The van der Waals surface area contributed by atoms with Crippen LogP contribution in [0.3, 0.4) is 0 Å². The lowest BCUT2D eigenvalue weighted by atomic mass is 10.2. The van der Waals surface area contributed by atoms with Crippen molar-refractivity contribution < 1.29 is 4.39 Å². The average molecular weight is 219 g/mol. The molecule has 0 radical (unpaired) electrons. The van der Waals surface area contributed by atoms with Crippen molar-refractivity contribution in [2.45, 2.75) is 13.8 Å². The number of imidazole rings is 1. The van der Waals surface area contributed by atoms with Gasteiger partial charge in [-0.1, -0.05) is 0 Å².